The van der Waals surface area contributed by atoms with E-state index in [9.17, 15) is 9.59 Å². The van der Waals surface area contributed by atoms with Gasteiger partial charge in [-0.05, 0) is 34.7 Å². The van der Waals surface area contributed by atoms with Gasteiger partial charge in [0.1, 0.15) is 0 Å². The van der Waals surface area contributed by atoms with E-state index in [1.807, 2.05) is 36.4 Å². The second-order valence-electron chi connectivity index (χ2n) is 4.84. The minimum absolute atomic E-state index is 0.352. The van der Waals surface area contributed by atoms with Gasteiger partial charge in [-0.3, -0.25) is 9.59 Å². The topological polar surface area (TPSA) is 34.1 Å². The second-order valence-corrected chi connectivity index (χ2v) is 4.84. The zero-order chi connectivity index (χ0) is 15.4. The molecule has 3 rings (SSSR count). The van der Waals surface area contributed by atoms with E-state index in [1.54, 1.807) is 36.4 Å². The Morgan fingerprint density at radius 3 is 1.91 bits per heavy atom. The molecule has 0 amide bonds. The smallest absolute Gasteiger partial charge is 0.236 e. The van der Waals surface area contributed by atoms with E-state index in [1.165, 1.54) is 0 Å². The lowest BCUT2D eigenvalue weighted by molar-refractivity contribution is 0.103. The van der Waals surface area contributed by atoms with E-state index in [4.69, 9.17) is 0 Å². The van der Waals surface area contributed by atoms with Gasteiger partial charge in [0, 0.05) is 11.1 Å². The molecule has 22 heavy (non-hydrogen) atoms. The summed E-state index contributed by atoms with van der Waals surface area (Å²) in [6, 6.07) is 21.9. The van der Waals surface area contributed by atoms with Crippen molar-refractivity contribution in [3.05, 3.63) is 83.9 Å². The van der Waals surface area contributed by atoms with Crippen molar-refractivity contribution in [2.75, 3.05) is 0 Å². The summed E-state index contributed by atoms with van der Waals surface area (Å²) in [6.07, 6.45) is 0. The highest BCUT2D eigenvalue weighted by Crippen LogP contribution is 2.15. The van der Waals surface area contributed by atoms with Crippen LogP contribution in [0.1, 0.15) is 20.7 Å². The molecule has 0 bridgehead atoms. The quantitative estimate of drug-likeness (QED) is 0.406. The summed E-state index contributed by atoms with van der Waals surface area (Å²) in [6.45, 7) is 0. The number of hydrogen-bond donors (Lipinski definition) is 0. The highest BCUT2D eigenvalue weighted by Gasteiger charge is 2.05. The predicted octanol–water partition coefficient (Wildman–Crippen LogP) is 3.91. The summed E-state index contributed by atoms with van der Waals surface area (Å²) < 4.78 is 0. The number of carbonyl (C=O) groups excluding carboxylic acids is 2. The van der Waals surface area contributed by atoms with Crippen LogP contribution in [0.4, 0.5) is 0 Å². The fourth-order valence-electron chi connectivity index (χ4n) is 2.18. The summed E-state index contributed by atoms with van der Waals surface area (Å²) in [5.74, 6) is 4.13. The molecule has 3 aromatic carbocycles. The molecule has 2 nitrogen and oxygen atoms in total. The third kappa shape index (κ3) is 2.94. The van der Waals surface area contributed by atoms with Crippen LogP contribution >= 0.6 is 0 Å². The summed E-state index contributed by atoms with van der Waals surface area (Å²) in [7, 11) is 0. The van der Waals surface area contributed by atoms with Gasteiger partial charge in [0.15, 0.2) is 0 Å². The van der Waals surface area contributed by atoms with Crippen molar-refractivity contribution in [3.8, 4) is 11.8 Å². The highest BCUT2D eigenvalue weighted by atomic mass is 16.1. The molecule has 0 spiro atoms. The molecular formula is C20H12O2. The molecule has 0 aliphatic carbocycles. The molecule has 104 valence electrons. The van der Waals surface area contributed by atoms with Crippen LogP contribution in [0.2, 0.25) is 0 Å². The third-order valence-corrected chi connectivity index (χ3v) is 3.34. The van der Waals surface area contributed by atoms with Crippen LogP contribution in [0.15, 0.2) is 72.8 Å². The summed E-state index contributed by atoms with van der Waals surface area (Å²) in [5, 5.41) is 2.04. The molecule has 3 aromatic rings. The van der Waals surface area contributed by atoms with Crippen molar-refractivity contribution in [2.45, 2.75) is 0 Å². The molecule has 0 atom stereocenters. The monoisotopic (exact) mass is 284 g/mol. The number of carbonyl (C=O) groups is 2. The number of fused-ring (bicyclic) bond motifs is 1. The first kappa shape index (κ1) is 13.8. The minimum Gasteiger partial charge on any atom is -0.279 e. The molecule has 0 unspecified atom stereocenters. The van der Waals surface area contributed by atoms with Crippen LogP contribution in [0.3, 0.4) is 0 Å². The summed E-state index contributed by atoms with van der Waals surface area (Å²) in [4.78, 5) is 24.0. The highest BCUT2D eigenvalue weighted by molar-refractivity contribution is 6.17. The fraction of sp³-hybridized carbons (Fsp3) is 0. The molecule has 0 saturated carbocycles. The van der Waals surface area contributed by atoms with Gasteiger partial charge < -0.3 is 0 Å². The lowest BCUT2D eigenvalue weighted by Crippen LogP contribution is -1.98. The lowest BCUT2D eigenvalue weighted by Gasteiger charge is -1.99. The molecule has 0 aromatic heterocycles. The zero-order valence-electron chi connectivity index (χ0n) is 11.7. The van der Waals surface area contributed by atoms with Crippen molar-refractivity contribution in [2.24, 2.45) is 0 Å². The Morgan fingerprint density at radius 2 is 1.18 bits per heavy atom. The van der Waals surface area contributed by atoms with Crippen molar-refractivity contribution in [3.63, 3.8) is 0 Å². The van der Waals surface area contributed by atoms with E-state index in [-0.39, 0.29) is 11.6 Å². The van der Waals surface area contributed by atoms with E-state index < -0.39 is 0 Å². The van der Waals surface area contributed by atoms with Gasteiger partial charge in [0.05, 0.1) is 0 Å². The maximum absolute atomic E-state index is 12.1. The van der Waals surface area contributed by atoms with Crippen molar-refractivity contribution < 1.29 is 9.59 Å². The average molecular weight is 284 g/mol. The van der Waals surface area contributed by atoms with Crippen LogP contribution in [0.25, 0.3) is 10.8 Å². The molecule has 0 aliphatic heterocycles. The molecular weight excluding hydrogens is 272 g/mol. The van der Waals surface area contributed by atoms with Crippen LogP contribution in [0, 0.1) is 11.8 Å². The van der Waals surface area contributed by atoms with Gasteiger partial charge in [-0.2, -0.15) is 0 Å². The Morgan fingerprint density at radius 1 is 0.591 bits per heavy atom. The van der Waals surface area contributed by atoms with E-state index in [0.717, 1.165) is 10.8 Å². The van der Waals surface area contributed by atoms with Gasteiger partial charge in [0.2, 0.25) is 11.6 Å². The molecule has 2 heteroatoms. The molecule has 0 fully saturated rings. The summed E-state index contributed by atoms with van der Waals surface area (Å²) >= 11 is 0. The average Bonchev–Trinajstić information content (AvgIpc) is 2.59. The van der Waals surface area contributed by atoms with Crippen LogP contribution in [0.5, 0.6) is 0 Å². The molecule has 0 radical (unpaired) electrons. The third-order valence-electron chi connectivity index (χ3n) is 3.34. The molecule has 0 aliphatic rings. The predicted molar refractivity (Wildman–Crippen MR) is 86.8 cm³/mol. The lowest BCUT2D eigenvalue weighted by atomic mass is 10.0. The summed E-state index contributed by atoms with van der Waals surface area (Å²) in [5.41, 5.74) is 0.980. The Kier molecular flexibility index (Phi) is 3.80. The van der Waals surface area contributed by atoms with Gasteiger partial charge in [0.25, 0.3) is 0 Å². The van der Waals surface area contributed by atoms with E-state index in [2.05, 4.69) is 11.8 Å². The Bertz CT molecular complexity index is 912. The Labute approximate surface area is 128 Å². The van der Waals surface area contributed by atoms with Crippen LogP contribution < -0.4 is 0 Å². The van der Waals surface area contributed by atoms with Crippen LogP contribution in [-0.2, 0) is 0 Å². The molecule has 0 N–H and O–H groups in total. The maximum atomic E-state index is 12.1. The van der Waals surface area contributed by atoms with E-state index in [0.29, 0.717) is 11.1 Å². The van der Waals surface area contributed by atoms with Crippen molar-refractivity contribution >= 4 is 22.3 Å². The number of hydrogen-bond acceptors (Lipinski definition) is 2. The zero-order valence-corrected chi connectivity index (χ0v) is 11.7. The first-order chi connectivity index (χ1) is 10.7. The van der Waals surface area contributed by atoms with E-state index >= 15 is 0 Å². The minimum atomic E-state index is -0.352. The van der Waals surface area contributed by atoms with Gasteiger partial charge >= 0.3 is 0 Å². The maximum Gasteiger partial charge on any atom is 0.236 e. The van der Waals surface area contributed by atoms with Gasteiger partial charge in [-0.15, -0.1) is 0 Å². The number of rotatable bonds is 2. The van der Waals surface area contributed by atoms with Gasteiger partial charge in [-0.25, -0.2) is 0 Å². The Hall–Kier alpha value is -3.18. The number of benzene rings is 3. The second kappa shape index (κ2) is 6.07. The molecule has 0 heterocycles. The number of ketones is 2. The van der Waals surface area contributed by atoms with Crippen molar-refractivity contribution in [1.82, 2.24) is 0 Å². The largest absolute Gasteiger partial charge is 0.279 e. The SMILES string of the molecule is O=C(C#CC(=O)c1ccc2ccccc2c1)c1ccccc1. The first-order valence-electron chi connectivity index (χ1n) is 6.88. The fourth-order valence-corrected chi connectivity index (χ4v) is 2.18. The normalized spacial score (nSPS) is 9.82. The van der Waals surface area contributed by atoms with Crippen molar-refractivity contribution in [1.29, 1.82) is 0 Å². The number of Topliss-reactive ketones (excluding diaryl/α,β-unsaturated/α-hetero) is 2. The molecule has 0 saturated heterocycles. The van der Waals surface area contributed by atoms with Gasteiger partial charge in [-0.1, -0.05) is 60.7 Å². The van der Waals surface area contributed by atoms with Crippen LogP contribution in [-0.4, -0.2) is 11.6 Å². The first-order valence-corrected chi connectivity index (χ1v) is 6.88. The standard InChI is InChI=1S/C20H12O2/c21-19(16-7-2-1-3-8-16)12-13-20(22)18-11-10-15-6-4-5-9-17(15)14-18/h1-11,14H. The Balaban J connectivity index is 1.85.